The van der Waals surface area contributed by atoms with Crippen LogP contribution >= 0.6 is 12.2 Å². The zero-order chi connectivity index (χ0) is 16.8. The number of non-ortho nitro benzene ring substituents is 1. The van der Waals surface area contributed by atoms with Gasteiger partial charge in [0.1, 0.15) is 5.82 Å². The van der Waals surface area contributed by atoms with E-state index in [-0.39, 0.29) is 16.4 Å². The number of nitro benzene ring substituents is 1. The lowest BCUT2D eigenvalue weighted by Crippen LogP contribution is -2.42. The van der Waals surface area contributed by atoms with E-state index < -0.39 is 16.6 Å². The van der Waals surface area contributed by atoms with Crippen LogP contribution in [0, 0.1) is 15.9 Å². The zero-order valence-corrected chi connectivity index (χ0v) is 12.4. The standard InChI is InChI=1S/C14H11FN4O3S/c15-12-4-2-1-3-11(12)13(20)16-14(23)18-17-9-5-7-10(8-6-9)19(21)22/h1-8,17H,(H2,16,18,20,23). The average molecular weight is 334 g/mol. The van der Waals surface area contributed by atoms with Crippen molar-refractivity contribution in [3.05, 3.63) is 70.0 Å². The van der Waals surface area contributed by atoms with E-state index in [1.165, 1.54) is 48.5 Å². The van der Waals surface area contributed by atoms with Crippen molar-refractivity contribution in [3.8, 4) is 0 Å². The van der Waals surface area contributed by atoms with Gasteiger partial charge in [0.05, 0.1) is 16.2 Å². The van der Waals surface area contributed by atoms with Gasteiger partial charge < -0.3 is 0 Å². The number of anilines is 1. The summed E-state index contributed by atoms with van der Waals surface area (Å²) in [5.74, 6) is -1.35. The second-order valence-electron chi connectivity index (χ2n) is 4.32. The van der Waals surface area contributed by atoms with Crippen molar-refractivity contribution < 1.29 is 14.1 Å². The summed E-state index contributed by atoms with van der Waals surface area (Å²) in [6.45, 7) is 0. The first-order valence-corrected chi connectivity index (χ1v) is 6.74. The average Bonchev–Trinajstić information content (AvgIpc) is 2.53. The Balaban J connectivity index is 1.89. The monoisotopic (exact) mass is 334 g/mol. The van der Waals surface area contributed by atoms with Crippen LogP contribution in [0.4, 0.5) is 15.8 Å². The molecule has 0 bridgehead atoms. The Bertz CT molecular complexity index is 752. The van der Waals surface area contributed by atoms with Crippen LogP contribution in [0.1, 0.15) is 10.4 Å². The largest absolute Gasteiger partial charge is 0.299 e. The molecular formula is C14H11FN4O3S. The number of carbonyl (C=O) groups is 1. The molecular weight excluding hydrogens is 323 g/mol. The van der Waals surface area contributed by atoms with Gasteiger partial charge >= 0.3 is 0 Å². The highest BCUT2D eigenvalue weighted by molar-refractivity contribution is 7.80. The maximum absolute atomic E-state index is 13.4. The highest BCUT2D eigenvalue weighted by Gasteiger charge is 2.12. The number of nitro groups is 1. The summed E-state index contributed by atoms with van der Waals surface area (Å²) in [6, 6.07) is 11.1. The molecule has 23 heavy (non-hydrogen) atoms. The van der Waals surface area contributed by atoms with Gasteiger partial charge in [0.15, 0.2) is 5.11 Å². The molecule has 0 radical (unpaired) electrons. The fraction of sp³-hybridized carbons (Fsp3) is 0. The minimum Gasteiger partial charge on any atom is -0.299 e. The number of thiocarbonyl (C=S) groups is 1. The second-order valence-corrected chi connectivity index (χ2v) is 4.73. The summed E-state index contributed by atoms with van der Waals surface area (Å²) in [7, 11) is 0. The van der Waals surface area contributed by atoms with E-state index in [9.17, 15) is 19.3 Å². The van der Waals surface area contributed by atoms with Gasteiger partial charge in [-0.3, -0.25) is 31.1 Å². The predicted molar refractivity (Wildman–Crippen MR) is 86.3 cm³/mol. The van der Waals surface area contributed by atoms with Gasteiger partial charge in [0.25, 0.3) is 11.6 Å². The highest BCUT2D eigenvalue weighted by Crippen LogP contribution is 2.14. The van der Waals surface area contributed by atoms with Gasteiger partial charge in [-0.25, -0.2) is 4.39 Å². The van der Waals surface area contributed by atoms with Crippen LogP contribution in [-0.2, 0) is 0 Å². The van der Waals surface area contributed by atoms with Gasteiger partial charge in [0, 0.05) is 12.1 Å². The van der Waals surface area contributed by atoms with E-state index in [4.69, 9.17) is 12.2 Å². The third-order valence-corrected chi connectivity index (χ3v) is 2.95. The lowest BCUT2D eigenvalue weighted by Gasteiger charge is -2.11. The molecule has 2 aromatic carbocycles. The van der Waals surface area contributed by atoms with Gasteiger partial charge in [-0.1, -0.05) is 12.1 Å². The first-order valence-electron chi connectivity index (χ1n) is 6.33. The maximum Gasteiger partial charge on any atom is 0.269 e. The smallest absolute Gasteiger partial charge is 0.269 e. The van der Waals surface area contributed by atoms with Crippen molar-refractivity contribution in [2.45, 2.75) is 0 Å². The third-order valence-electron chi connectivity index (χ3n) is 2.74. The molecule has 0 saturated heterocycles. The van der Waals surface area contributed by atoms with Gasteiger partial charge in [-0.15, -0.1) is 0 Å². The van der Waals surface area contributed by atoms with Crippen molar-refractivity contribution in [3.63, 3.8) is 0 Å². The molecule has 0 aromatic heterocycles. The number of benzene rings is 2. The van der Waals surface area contributed by atoms with Gasteiger partial charge in [-0.05, 0) is 36.5 Å². The van der Waals surface area contributed by atoms with Crippen LogP contribution in [0.5, 0.6) is 0 Å². The number of amides is 1. The molecule has 0 atom stereocenters. The number of hydrogen-bond acceptors (Lipinski definition) is 5. The predicted octanol–water partition coefficient (Wildman–Crippen LogP) is 2.37. The summed E-state index contributed by atoms with van der Waals surface area (Å²) >= 11 is 4.90. The van der Waals surface area contributed by atoms with Crippen molar-refractivity contribution in [1.29, 1.82) is 0 Å². The lowest BCUT2D eigenvalue weighted by atomic mass is 10.2. The van der Waals surface area contributed by atoms with Crippen molar-refractivity contribution in [2.24, 2.45) is 0 Å². The Labute approximate surface area is 135 Å². The molecule has 2 aromatic rings. The van der Waals surface area contributed by atoms with Crippen LogP contribution in [0.15, 0.2) is 48.5 Å². The van der Waals surface area contributed by atoms with E-state index >= 15 is 0 Å². The minimum atomic E-state index is -0.689. The molecule has 2 rings (SSSR count). The molecule has 0 unspecified atom stereocenters. The number of rotatable bonds is 4. The Kier molecular flexibility index (Phi) is 5.15. The number of nitrogens with zero attached hydrogens (tertiary/aromatic N) is 1. The minimum absolute atomic E-state index is 0.0500. The Morgan fingerprint density at radius 1 is 1.13 bits per heavy atom. The van der Waals surface area contributed by atoms with E-state index in [2.05, 4.69) is 16.2 Å². The molecule has 7 nitrogen and oxygen atoms in total. The topological polar surface area (TPSA) is 96.3 Å². The lowest BCUT2D eigenvalue weighted by molar-refractivity contribution is -0.384. The number of nitrogens with one attached hydrogen (secondary N) is 3. The van der Waals surface area contributed by atoms with E-state index in [1.807, 2.05) is 0 Å². The first-order chi connectivity index (χ1) is 11.0. The molecule has 3 N–H and O–H groups in total. The Hall–Kier alpha value is -3.07. The molecule has 0 fully saturated rings. The summed E-state index contributed by atoms with van der Waals surface area (Å²) < 4.78 is 13.4. The molecule has 9 heteroatoms. The quantitative estimate of drug-likeness (QED) is 0.451. The molecule has 0 aliphatic rings. The number of halogens is 1. The number of hydrogen-bond donors (Lipinski definition) is 3. The summed E-state index contributed by atoms with van der Waals surface area (Å²) in [6.07, 6.45) is 0. The van der Waals surface area contributed by atoms with Crippen molar-refractivity contribution >= 4 is 34.6 Å². The van der Waals surface area contributed by atoms with E-state index in [0.717, 1.165) is 0 Å². The molecule has 0 heterocycles. The van der Waals surface area contributed by atoms with Crippen LogP contribution in [0.25, 0.3) is 0 Å². The maximum atomic E-state index is 13.4. The molecule has 1 amide bonds. The number of hydrazine groups is 1. The summed E-state index contributed by atoms with van der Waals surface area (Å²) in [5, 5.41) is 12.8. The zero-order valence-electron chi connectivity index (χ0n) is 11.6. The molecule has 0 saturated carbocycles. The SMILES string of the molecule is O=C(NC(=S)NNc1ccc([N+](=O)[O-])cc1)c1ccccc1F. The fourth-order valence-corrected chi connectivity index (χ4v) is 1.79. The van der Waals surface area contributed by atoms with E-state index in [0.29, 0.717) is 5.69 Å². The molecule has 0 aliphatic heterocycles. The van der Waals surface area contributed by atoms with Crippen LogP contribution in [0.3, 0.4) is 0 Å². The first kappa shape index (κ1) is 16.3. The Morgan fingerprint density at radius 3 is 2.39 bits per heavy atom. The molecule has 0 spiro atoms. The van der Waals surface area contributed by atoms with Crippen LogP contribution in [0.2, 0.25) is 0 Å². The van der Waals surface area contributed by atoms with Gasteiger partial charge in [0.2, 0.25) is 0 Å². The second kappa shape index (κ2) is 7.27. The van der Waals surface area contributed by atoms with Crippen molar-refractivity contribution in [2.75, 3.05) is 5.43 Å². The number of carbonyl (C=O) groups excluding carboxylic acids is 1. The Morgan fingerprint density at radius 2 is 1.78 bits per heavy atom. The molecule has 0 aliphatic carbocycles. The van der Waals surface area contributed by atoms with Crippen molar-refractivity contribution in [1.82, 2.24) is 10.7 Å². The highest BCUT2D eigenvalue weighted by atomic mass is 32.1. The summed E-state index contributed by atoms with van der Waals surface area (Å²) in [4.78, 5) is 21.8. The van der Waals surface area contributed by atoms with E-state index in [1.54, 1.807) is 0 Å². The third kappa shape index (κ3) is 4.45. The van der Waals surface area contributed by atoms with Crippen LogP contribution in [-0.4, -0.2) is 15.9 Å². The molecule has 118 valence electrons. The normalized spacial score (nSPS) is 9.78. The fourth-order valence-electron chi connectivity index (χ4n) is 1.64. The van der Waals surface area contributed by atoms with Gasteiger partial charge in [-0.2, -0.15) is 0 Å². The van der Waals surface area contributed by atoms with Crippen LogP contribution < -0.4 is 16.2 Å². The summed E-state index contributed by atoms with van der Waals surface area (Å²) in [5.41, 5.74) is 5.50.